The molecule has 11 heteroatoms. The summed E-state index contributed by atoms with van der Waals surface area (Å²) in [6.07, 6.45) is 0.0748. The van der Waals surface area contributed by atoms with Gasteiger partial charge in [-0.25, -0.2) is 9.78 Å². The first kappa shape index (κ1) is 16.5. The minimum absolute atomic E-state index is 0.0772. The molecule has 1 atom stereocenters. The summed E-state index contributed by atoms with van der Waals surface area (Å²) in [6.45, 7) is 0.0425. The SMILES string of the molecule is CS(=O)(=O)OCC[C@@H]1CN(c2ccc3c(n2)NC(=O)CO3)C(=O)O1. The standard InChI is InChI=1S/C13H15N3O7S/c1-24(19,20)22-5-4-8-6-16(13(18)23-8)10-3-2-9-12(14-10)15-11(17)7-21-9/h2-3,8H,4-7H2,1H3,(H,14,15,17)/t8-/m1/s1. The number of cyclic esters (lactones) is 1. The second kappa shape index (κ2) is 6.24. The van der Waals surface area contributed by atoms with Gasteiger partial charge in [0, 0.05) is 6.42 Å². The summed E-state index contributed by atoms with van der Waals surface area (Å²) in [5.41, 5.74) is 0. The van der Waals surface area contributed by atoms with E-state index in [4.69, 9.17) is 9.47 Å². The van der Waals surface area contributed by atoms with Crippen LogP contribution < -0.4 is 15.0 Å². The monoisotopic (exact) mass is 357 g/mol. The maximum absolute atomic E-state index is 12.0. The van der Waals surface area contributed by atoms with E-state index in [9.17, 15) is 18.0 Å². The molecule has 0 radical (unpaired) electrons. The van der Waals surface area contributed by atoms with Crippen LogP contribution in [0.5, 0.6) is 5.75 Å². The number of fused-ring (bicyclic) bond motifs is 1. The van der Waals surface area contributed by atoms with E-state index in [1.165, 1.54) is 4.90 Å². The van der Waals surface area contributed by atoms with Crippen LogP contribution in [0.15, 0.2) is 12.1 Å². The van der Waals surface area contributed by atoms with Gasteiger partial charge in [0.15, 0.2) is 18.2 Å². The van der Waals surface area contributed by atoms with Crippen LogP contribution in [0.2, 0.25) is 0 Å². The molecule has 1 aromatic heterocycles. The quantitative estimate of drug-likeness (QED) is 0.736. The average Bonchev–Trinajstić information content (AvgIpc) is 2.86. The fraction of sp³-hybridized carbons (Fsp3) is 0.462. The van der Waals surface area contributed by atoms with Crippen molar-refractivity contribution < 1.29 is 31.7 Å². The number of carbonyl (C=O) groups is 2. The van der Waals surface area contributed by atoms with Gasteiger partial charge < -0.3 is 14.8 Å². The first-order valence-electron chi connectivity index (χ1n) is 7.08. The van der Waals surface area contributed by atoms with Crippen molar-refractivity contribution in [1.82, 2.24) is 4.98 Å². The van der Waals surface area contributed by atoms with E-state index >= 15 is 0 Å². The van der Waals surface area contributed by atoms with Gasteiger partial charge in [-0.1, -0.05) is 0 Å². The topological polar surface area (TPSA) is 124 Å². The number of amides is 2. The summed E-state index contributed by atoms with van der Waals surface area (Å²) in [5.74, 6) is 0.632. The van der Waals surface area contributed by atoms with E-state index in [0.29, 0.717) is 11.6 Å². The molecule has 10 nitrogen and oxygen atoms in total. The second-order valence-electron chi connectivity index (χ2n) is 5.28. The van der Waals surface area contributed by atoms with Gasteiger partial charge in [0.25, 0.3) is 16.0 Å². The van der Waals surface area contributed by atoms with Crippen molar-refractivity contribution in [2.75, 3.05) is 36.2 Å². The van der Waals surface area contributed by atoms with Gasteiger partial charge in [0.1, 0.15) is 11.9 Å². The molecule has 0 aromatic carbocycles. The summed E-state index contributed by atoms with van der Waals surface area (Å²) in [6, 6.07) is 3.18. The van der Waals surface area contributed by atoms with Gasteiger partial charge >= 0.3 is 6.09 Å². The summed E-state index contributed by atoms with van der Waals surface area (Å²) in [4.78, 5) is 28.8. The Morgan fingerprint density at radius 2 is 2.21 bits per heavy atom. The first-order valence-corrected chi connectivity index (χ1v) is 8.90. The van der Waals surface area contributed by atoms with E-state index < -0.39 is 22.3 Å². The molecule has 0 bridgehead atoms. The van der Waals surface area contributed by atoms with Crippen molar-refractivity contribution in [3.8, 4) is 5.75 Å². The number of hydrogen-bond donors (Lipinski definition) is 1. The normalized spacial score (nSPS) is 20.2. The van der Waals surface area contributed by atoms with Crippen LogP contribution >= 0.6 is 0 Å². The Morgan fingerprint density at radius 3 is 2.96 bits per heavy atom. The predicted octanol–water partition coefficient (Wildman–Crippen LogP) is 0.104. The van der Waals surface area contributed by atoms with E-state index in [1.54, 1.807) is 12.1 Å². The van der Waals surface area contributed by atoms with Crippen molar-refractivity contribution in [2.45, 2.75) is 12.5 Å². The third-order valence-electron chi connectivity index (χ3n) is 3.35. The Kier molecular flexibility index (Phi) is 4.28. The molecular formula is C13H15N3O7S. The first-order chi connectivity index (χ1) is 11.3. The predicted molar refractivity (Wildman–Crippen MR) is 81.4 cm³/mol. The lowest BCUT2D eigenvalue weighted by Crippen LogP contribution is -2.29. The van der Waals surface area contributed by atoms with Crippen molar-refractivity contribution in [3.05, 3.63) is 12.1 Å². The molecule has 1 aromatic rings. The molecule has 1 N–H and O–H groups in total. The lowest BCUT2D eigenvalue weighted by molar-refractivity contribution is -0.118. The Bertz CT molecular complexity index is 780. The average molecular weight is 357 g/mol. The van der Waals surface area contributed by atoms with Crippen molar-refractivity contribution in [1.29, 1.82) is 0 Å². The van der Waals surface area contributed by atoms with Crippen LogP contribution in [0.4, 0.5) is 16.4 Å². The summed E-state index contributed by atoms with van der Waals surface area (Å²) < 4.78 is 36.8. The highest BCUT2D eigenvalue weighted by Crippen LogP contribution is 2.30. The number of carbonyl (C=O) groups excluding carboxylic acids is 2. The third-order valence-corrected chi connectivity index (χ3v) is 3.94. The molecule has 3 heterocycles. The molecule has 24 heavy (non-hydrogen) atoms. The van der Waals surface area contributed by atoms with Gasteiger partial charge in [-0.05, 0) is 12.1 Å². The van der Waals surface area contributed by atoms with Gasteiger partial charge in [0.05, 0.1) is 19.4 Å². The van der Waals surface area contributed by atoms with Crippen molar-refractivity contribution in [3.63, 3.8) is 0 Å². The van der Waals surface area contributed by atoms with E-state index in [1.807, 2.05) is 0 Å². The minimum atomic E-state index is -3.53. The zero-order chi connectivity index (χ0) is 17.3. The van der Waals surface area contributed by atoms with E-state index in [0.717, 1.165) is 6.26 Å². The fourth-order valence-electron chi connectivity index (χ4n) is 2.29. The Morgan fingerprint density at radius 1 is 1.42 bits per heavy atom. The molecule has 0 saturated carbocycles. The Labute approximate surface area is 137 Å². The highest BCUT2D eigenvalue weighted by atomic mass is 32.2. The van der Waals surface area contributed by atoms with Crippen LogP contribution in [-0.2, 0) is 23.8 Å². The van der Waals surface area contributed by atoms with Crippen LogP contribution in [-0.4, -0.2) is 57.5 Å². The molecule has 3 rings (SSSR count). The number of hydrogen-bond acceptors (Lipinski definition) is 8. The highest BCUT2D eigenvalue weighted by molar-refractivity contribution is 7.85. The molecule has 0 unspecified atom stereocenters. The Hall–Kier alpha value is -2.40. The number of pyridine rings is 1. The number of rotatable bonds is 5. The minimum Gasteiger partial charge on any atom is -0.480 e. The van der Waals surface area contributed by atoms with Gasteiger partial charge in [-0.3, -0.25) is 13.9 Å². The summed E-state index contributed by atoms with van der Waals surface area (Å²) in [5, 5.41) is 2.56. The number of nitrogens with zero attached hydrogens (tertiary/aromatic N) is 2. The zero-order valence-electron chi connectivity index (χ0n) is 12.7. The van der Waals surface area contributed by atoms with E-state index in [-0.39, 0.29) is 37.9 Å². The molecule has 0 spiro atoms. The van der Waals surface area contributed by atoms with Crippen LogP contribution in [0.1, 0.15) is 6.42 Å². The van der Waals surface area contributed by atoms with E-state index in [2.05, 4.69) is 14.5 Å². The molecule has 2 aliphatic heterocycles. The fourth-order valence-corrected chi connectivity index (χ4v) is 2.69. The van der Waals surface area contributed by atoms with Crippen LogP contribution in [0, 0.1) is 0 Å². The van der Waals surface area contributed by atoms with Gasteiger partial charge in [-0.2, -0.15) is 8.42 Å². The summed E-state index contributed by atoms with van der Waals surface area (Å²) in [7, 11) is -3.53. The lowest BCUT2D eigenvalue weighted by atomic mass is 10.2. The van der Waals surface area contributed by atoms with Crippen molar-refractivity contribution in [2.24, 2.45) is 0 Å². The zero-order valence-corrected chi connectivity index (χ0v) is 13.5. The number of anilines is 2. The largest absolute Gasteiger partial charge is 0.480 e. The molecule has 0 aliphatic carbocycles. The summed E-state index contributed by atoms with van der Waals surface area (Å²) >= 11 is 0. The maximum atomic E-state index is 12.0. The van der Waals surface area contributed by atoms with Crippen LogP contribution in [0.3, 0.4) is 0 Å². The molecule has 2 aliphatic rings. The highest BCUT2D eigenvalue weighted by Gasteiger charge is 2.34. The maximum Gasteiger partial charge on any atom is 0.415 e. The number of aromatic nitrogens is 1. The molecule has 1 saturated heterocycles. The third kappa shape index (κ3) is 3.74. The van der Waals surface area contributed by atoms with Gasteiger partial charge in [0.2, 0.25) is 0 Å². The molecule has 1 fully saturated rings. The molecule has 130 valence electrons. The molecular weight excluding hydrogens is 342 g/mol. The smallest absolute Gasteiger partial charge is 0.415 e. The second-order valence-corrected chi connectivity index (χ2v) is 6.93. The number of ether oxygens (including phenoxy) is 2. The van der Waals surface area contributed by atoms with Crippen molar-refractivity contribution >= 4 is 33.8 Å². The molecule has 2 amide bonds. The lowest BCUT2D eigenvalue weighted by Gasteiger charge is -2.19. The Balaban J connectivity index is 1.66. The van der Waals surface area contributed by atoms with Gasteiger partial charge in [-0.15, -0.1) is 0 Å². The van der Waals surface area contributed by atoms with Crippen LogP contribution in [0.25, 0.3) is 0 Å². The number of nitrogens with one attached hydrogen (secondary N) is 1.